The van der Waals surface area contributed by atoms with Gasteiger partial charge in [0.2, 0.25) is 5.89 Å². The van der Waals surface area contributed by atoms with Crippen LogP contribution in [0, 0.1) is 0 Å². The minimum atomic E-state index is -0.235. The number of rotatable bonds is 6. The van der Waals surface area contributed by atoms with Crippen LogP contribution in [-0.4, -0.2) is 21.2 Å². The fourth-order valence-electron chi connectivity index (χ4n) is 2.53. The van der Waals surface area contributed by atoms with Crippen molar-refractivity contribution in [1.82, 2.24) is 10.1 Å². The molecule has 1 saturated carbocycles. The van der Waals surface area contributed by atoms with Gasteiger partial charge in [0.25, 0.3) is 0 Å². The van der Waals surface area contributed by atoms with Gasteiger partial charge in [-0.25, -0.2) is 0 Å². The summed E-state index contributed by atoms with van der Waals surface area (Å²) in [4.78, 5) is 15.8. The third-order valence-electron chi connectivity index (χ3n) is 3.68. The molecule has 0 spiro atoms. The summed E-state index contributed by atoms with van der Waals surface area (Å²) in [6.07, 6.45) is 7.39. The molecule has 0 bridgehead atoms. The summed E-state index contributed by atoms with van der Waals surface area (Å²) in [5.74, 6) is 1.86. The van der Waals surface area contributed by atoms with Crippen molar-refractivity contribution >= 4 is 17.5 Å². The van der Waals surface area contributed by atoms with Crippen LogP contribution < -0.4 is 0 Å². The summed E-state index contributed by atoms with van der Waals surface area (Å²) in [5, 5.41) is 4.73. The Morgan fingerprint density at radius 3 is 2.79 bits per heavy atom. The number of hydrogen-bond donors (Lipinski definition) is 0. The third-order valence-corrected chi connectivity index (χ3v) is 5.05. The first kappa shape index (κ1) is 14.6. The molecular weight excluding hydrogens is 260 g/mol. The molecule has 5 heteroatoms. The molecule has 1 atom stereocenters. The van der Waals surface area contributed by atoms with Gasteiger partial charge in [0.1, 0.15) is 5.78 Å². The topological polar surface area (TPSA) is 56.0 Å². The molecule has 0 aliphatic heterocycles. The van der Waals surface area contributed by atoms with Crippen molar-refractivity contribution in [2.24, 2.45) is 0 Å². The lowest BCUT2D eigenvalue weighted by atomic mass is 10.0. The Kier molecular flexibility index (Phi) is 5.43. The highest BCUT2D eigenvalue weighted by atomic mass is 32.2. The molecule has 1 aliphatic rings. The van der Waals surface area contributed by atoms with E-state index in [9.17, 15) is 4.79 Å². The average molecular weight is 282 g/mol. The molecule has 0 radical (unpaired) electrons. The van der Waals surface area contributed by atoms with E-state index in [4.69, 9.17) is 4.52 Å². The normalized spacial score (nSPS) is 18.4. The van der Waals surface area contributed by atoms with Crippen molar-refractivity contribution < 1.29 is 9.32 Å². The molecule has 1 aromatic heterocycles. The van der Waals surface area contributed by atoms with Crippen LogP contribution in [0.15, 0.2) is 4.52 Å². The van der Waals surface area contributed by atoms with Crippen LogP contribution in [0.5, 0.6) is 0 Å². The Morgan fingerprint density at radius 2 is 2.16 bits per heavy atom. The number of thioether (sulfide) groups is 1. The molecule has 1 fully saturated rings. The van der Waals surface area contributed by atoms with Gasteiger partial charge in [0.05, 0.1) is 11.7 Å². The Balaban J connectivity index is 1.87. The Hall–Kier alpha value is -0.840. The quantitative estimate of drug-likeness (QED) is 0.796. The number of hydrogen-bond acceptors (Lipinski definition) is 5. The lowest BCUT2D eigenvalue weighted by molar-refractivity contribution is -0.119. The molecule has 106 valence electrons. The highest BCUT2D eigenvalue weighted by Crippen LogP contribution is 2.30. The van der Waals surface area contributed by atoms with Crippen LogP contribution in [0.4, 0.5) is 0 Å². The third kappa shape index (κ3) is 4.06. The van der Waals surface area contributed by atoms with Gasteiger partial charge >= 0.3 is 0 Å². The molecule has 1 heterocycles. The SMILES string of the molecule is CCC(C(C)=O)c1nc(CSC2CCCCC2)no1. The molecular formula is C14H22N2O2S. The monoisotopic (exact) mass is 282 g/mol. The largest absolute Gasteiger partial charge is 0.339 e. The van der Waals surface area contributed by atoms with Gasteiger partial charge in [0, 0.05) is 5.25 Å². The summed E-state index contributed by atoms with van der Waals surface area (Å²) >= 11 is 1.92. The van der Waals surface area contributed by atoms with Crippen LogP contribution in [0.3, 0.4) is 0 Å². The lowest BCUT2D eigenvalue weighted by Crippen LogP contribution is -2.09. The molecule has 1 aromatic rings. The predicted octanol–water partition coefficient (Wildman–Crippen LogP) is 3.72. The maximum Gasteiger partial charge on any atom is 0.237 e. The van der Waals surface area contributed by atoms with Crippen molar-refractivity contribution in [3.05, 3.63) is 11.7 Å². The molecule has 1 unspecified atom stereocenters. The number of carbonyl (C=O) groups is 1. The molecule has 19 heavy (non-hydrogen) atoms. The molecule has 0 amide bonds. The van der Waals surface area contributed by atoms with Gasteiger partial charge in [-0.2, -0.15) is 16.7 Å². The van der Waals surface area contributed by atoms with E-state index >= 15 is 0 Å². The minimum absolute atomic E-state index is 0.0950. The number of nitrogens with zero attached hydrogens (tertiary/aromatic N) is 2. The number of carbonyl (C=O) groups excluding carboxylic acids is 1. The van der Waals surface area contributed by atoms with E-state index in [1.54, 1.807) is 6.92 Å². The van der Waals surface area contributed by atoms with E-state index in [2.05, 4.69) is 10.1 Å². The number of ketones is 1. The zero-order valence-electron chi connectivity index (χ0n) is 11.7. The van der Waals surface area contributed by atoms with Crippen LogP contribution in [0.25, 0.3) is 0 Å². The smallest absolute Gasteiger partial charge is 0.237 e. The summed E-state index contributed by atoms with van der Waals surface area (Å²) < 4.78 is 5.22. The van der Waals surface area contributed by atoms with Gasteiger partial charge < -0.3 is 4.52 Å². The highest BCUT2D eigenvalue weighted by molar-refractivity contribution is 7.99. The lowest BCUT2D eigenvalue weighted by Gasteiger charge is -2.19. The van der Waals surface area contributed by atoms with Crippen LogP contribution in [0.2, 0.25) is 0 Å². The molecule has 4 nitrogen and oxygen atoms in total. The average Bonchev–Trinajstić information content (AvgIpc) is 2.87. The first-order valence-electron chi connectivity index (χ1n) is 7.15. The van der Waals surface area contributed by atoms with Crippen molar-refractivity contribution in [3.63, 3.8) is 0 Å². The molecule has 0 aromatic carbocycles. The maximum atomic E-state index is 11.5. The van der Waals surface area contributed by atoms with E-state index in [0.29, 0.717) is 12.3 Å². The van der Waals surface area contributed by atoms with Gasteiger partial charge in [0.15, 0.2) is 5.82 Å². The van der Waals surface area contributed by atoms with E-state index in [-0.39, 0.29) is 11.7 Å². The van der Waals surface area contributed by atoms with E-state index in [1.807, 2.05) is 18.7 Å². The first-order valence-corrected chi connectivity index (χ1v) is 8.20. The second-order valence-corrected chi connectivity index (χ2v) is 6.48. The Labute approximate surface area is 118 Å². The minimum Gasteiger partial charge on any atom is -0.339 e. The summed E-state index contributed by atoms with van der Waals surface area (Å²) in [7, 11) is 0. The van der Waals surface area contributed by atoms with Gasteiger partial charge in [-0.3, -0.25) is 4.79 Å². The first-order chi connectivity index (χ1) is 9.20. The van der Waals surface area contributed by atoms with E-state index in [0.717, 1.165) is 16.8 Å². The predicted molar refractivity (Wildman–Crippen MR) is 76.2 cm³/mol. The van der Waals surface area contributed by atoms with Gasteiger partial charge in [-0.05, 0) is 26.2 Å². The van der Waals surface area contributed by atoms with Crippen LogP contribution in [-0.2, 0) is 10.5 Å². The van der Waals surface area contributed by atoms with Crippen molar-refractivity contribution in [3.8, 4) is 0 Å². The van der Waals surface area contributed by atoms with Gasteiger partial charge in [-0.15, -0.1) is 0 Å². The zero-order chi connectivity index (χ0) is 13.7. The van der Waals surface area contributed by atoms with Crippen LogP contribution >= 0.6 is 11.8 Å². The fraction of sp³-hybridized carbons (Fsp3) is 0.786. The standard InChI is InChI=1S/C14H22N2O2S/c1-3-12(10(2)17)14-15-13(16-18-14)9-19-11-7-5-4-6-8-11/h11-12H,3-9H2,1-2H3. The number of Topliss-reactive ketones (excluding diaryl/α,β-unsaturated/α-hetero) is 1. The molecule has 0 N–H and O–H groups in total. The van der Waals surface area contributed by atoms with Gasteiger partial charge in [-0.1, -0.05) is 31.3 Å². The Bertz CT molecular complexity index is 413. The second kappa shape index (κ2) is 7.08. The summed E-state index contributed by atoms with van der Waals surface area (Å²) in [6, 6.07) is 0. The van der Waals surface area contributed by atoms with Crippen molar-refractivity contribution in [1.29, 1.82) is 0 Å². The van der Waals surface area contributed by atoms with E-state index in [1.165, 1.54) is 32.1 Å². The second-order valence-electron chi connectivity index (χ2n) is 5.19. The number of aromatic nitrogens is 2. The summed E-state index contributed by atoms with van der Waals surface area (Å²) in [6.45, 7) is 3.54. The highest BCUT2D eigenvalue weighted by Gasteiger charge is 2.22. The molecule has 2 rings (SSSR count). The maximum absolute atomic E-state index is 11.5. The molecule has 0 saturated heterocycles. The Morgan fingerprint density at radius 1 is 1.42 bits per heavy atom. The van der Waals surface area contributed by atoms with E-state index < -0.39 is 0 Å². The zero-order valence-corrected chi connectivity index (χ0v) is 12.5. The fourth-order valence-corrected chi connectivity index (χ4v) is 3.70. The van der Waals surface area contributed by atoms with Crippen molar-refractivity contribution in [2.75, 3.05) is 0 Å². The molecule has 1 aliphatic carbocycles. The summed E-state index contributed by atoms with van der Waals surface area (Å²) in [5.41, 5.74) is 0. The van der Waals surface area contributed by atoms with Crippen molar-refractivity contribution in [2.45, 2.75) is 69.3 Å². The van der Waals surface area contributed by atoms with Crippen LogP contribution in [0.1, 0.15) is 70.0 Å².